The summed E-state index contributed by atoms with van der Waals surface area (Å²) in [6.45, 7) is 0. The second-order valence-electron chi connectivity index (χ2n) is 5.61. The SMILES string of the molecule is COc1cc(C=NNC(=O)c2ccncc2)ccc1OC(=O)Oc1ccccc1. The molecule has 0 fully saturated rings. The van der Waals surface area contributed by atoms with Gasteiger partial charge in [0.15, 0.2) is 11.5 Å². The van der Waals surface area contributed by atoms with E-state index in [9.17, 15) is 9.59 Å². The first-order valence-electron chi connectivity index (χ1n) is 8.52. The predicted octanol–water partition coefficient (Wildman–Crippen LogP) is 3.43. The van der Waals surface area contributed by atoms with Crippen molar-refractivity contribution in [3.8, 4) is 17.2 Å². The van der Waals surface area contributed by atoms with Crippen molar-refractivity contribution in [2.24, 2.45) is 5.10 Å². The first-order valence-corrected chi connectivity index (χ1v) is 8.52. The fraction of sp³-hybridized carbons (Fsp3) is 0.0476. The van der Waals surface area contributed by atoms with Crippen molar-refractivity contribution in [2.75, 3.05) is 7.11 Å². The molecule has 0 saturated heterocycles. The molecule has 0 aliphatic rings. The Bertz CT molecular complexity index is 1010. The largest absolute Gasteiger partial charge is 0.519 e. The number of ether oxygens (including phenoxy) is 3. The van der Waals surface area contributed by atoms with E-state index in [0.29, 0.717) is 22.6 Å². The first-order chi connectivity index (χ1) is 14.2. The fourth-order valence-electron chi connectivity index (χ4n) is 2.28. The summed E-state index contributed by atoms with van der Waals surface area (Å²) in [6, 6.07) is 16.5. The summed E-state index contributed by atoms with van der Waals surface area (Å²) in [5.74, 6) is 0.496. The van der Waals surface area contributed by atoms with Gasteiger partial charge in [-0.05, 0) is 48.0 Å². The molecule has 3 rings (SSSR count). The molecule has 8 nitrogen and oxygen atoms in total. The minimum Gasteiger partial charge on any atom is -0.493 e. The molecule has 8 heteroatoms. The lowest BCUT2D eigenvalue weighted by atomic mass is 10.2. The van der Waals surface area contributed by atoms with Crippen LogP contribution in [0.2, 0.25) is 0 Å². The van der Waals surface area contributed by atoms with E-state index < -0.39 is 6.16 Å². The normalized spacial score (nSPS) is 10.4. The number of hydrogen-bond donors (Lipinski definition) is 1. The highest BCUT2D eigenvalue weighted by Crippen LogP contribution is 2.28. The maximum absolute atomic E-state index is 11.9. The maximum Gasteiger partial charge on any atom is 0.519 e. The molecule has 0 aliphatic heterocycles. The third-order valence-corrected chi connectivity index (χ3v) is 3.65. The van der Waals surface area contributed by atoms with Crippen molar-refractivity contribution < 1.29 is 23.8 Å². The lowest BCUT2D eigenvalue weighted by Crippen LogP contribution is -2.17. The zero-order chi connectivity index (χ0) is 20.5. The van der Waals surface area contributed by atoms with Crippen LogP contribution in [-0.2, 0) is 0 Å². The highest BCUT2D eigenvalue weighted by Gasteiger charge is 2.12. The summed E-state index contributed by atoms with van der Waals surface area (Å²) in [5.41, 5.74) is 3.48. The van der Waals surface area contributed by atoms with Crippen LogP contribution in [0.1, 0.15) is 15.9 Å². The molecular formula is C21H17N3O5. The van der Waals surface area contributed by atoms with E-state index in [1.165, 1.54) is 31.8 Å². The summed E-state index contributed by atoms with van der Waals surface area (Å²) in [5, 5.41) is 3.91. The molecular weight excluding hydrogens is 374 g/mol. The van der Waals surface area contributed by atoms with Crippen molar-refractivity contribution in [1.29, 1.82) is 0 Å². The number of methoxy groups -OCH3 is 1. The lowest BCUT2D eigenvalue weighted by molar-refractivity contribution is 0.0955. The number of hydrazone groups is 1. The van der Waals surface area contributed by atoms with Gasteiger partial charge in [0.2, 0.25) is 0 Å². The molecule has 1 amide bonds. The van der Waals surface area contributed by atoms with Crippen LogP contribution >= 0.6 is 0 Å². The number of aromatic nitrogens is 1. The summed E-state index contributed by atoms with van der Waals surface area (Å²) < 4.78 is 15.5. The molecule has 29 heavy (non-hydrogen) atoms. The number of nitrogens with one attached hydrogen (secondary N) is 1. The van der Waals surface area contributed by atoms with E-state index >= 15 is 0 Å². The molecule has 0 saturated carbocycles. The molecule has 3 aromatic rings. The molecule has 0 unspecified atom stereocenters. The van der Waals surface area contributed by atoms with Gasteiger partial charge in [-0.25, -0.2) is 10.2 Å². The molecule has 1 aromatic heterocycles. The number of rotatable bonds is 6. The Morgan fingerprint density at radius 1 is 0.966 bits per heavy atom. The number of pyridine rings is 1. The minimum atomic E-state index is -0.888. The van der Waals surface area contributed by atoms with E-state index in [0.717, 1.165) is 0 Å². The van der Waals surface area contributed by atoms with Crippen molar-refractivity contribution in [2.45, 2.75) is 0 Å². The Hall–Kier alpha value is -4.20. The van der Waals surface area contributed by atoms with Crippen LogP contribution in [0.15, 0.2) is 78.2 Å². The number of carbonyl (C=O) groups excluding carboxylic acids is 2. The quantitative estimate of drug-likeness (QED) is 0.299. The van der Waals surface area contributed by atoms with E-state index in [1.807, 2.05) is 0 Å². The van der Waals surface area contributed by atoms with Gasteiger partial charge in [-0.3, -0.25) is 9.78 Å². The molecule has 0 aliphatic carbocycles. The van der Waals surface area contributed by atoms with E-state index in [4.69, 9.17) is 14.2 Å². The van der Waals surface area contributed by atoms with E-state index in [1.54, 1.807) is 54.6 Å². The van der Waals surface area contributed by atoms with Crippen molar-refractivity contribution >= 4 is 18.3 Å². The Labute approximate surface area is 166 Å². The molecule has 0 atom stereocenters. The zero-order valence-electron chi connectivity index (χ0n) is 15.4. The average molecular weight is 391 g/mol. The summed E-state index contributed by atoms with van der Waals surface area (Å²) >= 11 is 0. The molecule has 0 bridgehead atoms. The van der Waals surface area contributed by atoms with Crippen LogP contribution in [0, 0.1) is 0 Å². The Balaban J connectivity index is 1.62. The smallest absolute Gasteiger partial charge is 0.493 e. The van der Waals surface area contributed by atoms with Gasteiger partial charge in [-0.2, -0.15) is 5.10 Å². The Kier molecular flexibility index (Phi) is 6.51. The first kappa shape index (κ1) is 19.6. The van der Waals surface area contributed by atoms with E-state index in [2.05, 4.69) is 15.5 Å². The lowest BCUT2D eigenvalue weighted by Gasteiger charge is -2.10. The van der Waals surface area contributed by atoms with Crippen LogP contribution in [0.25, 0.3) is 0 Å². The highest BCUT2D eigenvalue weighted by molar-refractivity contribution is 5.94. The number of amides is 1. The molecule has 1 N–H and O–H groups in total. The molecule has 146 valence electrons. The van der Waals surface area contributed by atoms with Gasteiger partial charge in [-0.15, -0.1) is 0 Å². The summed E-state index contributed by atoms with van der Waals surface area (Å²) in [4.78, 5) is 27.7. The number of nitrogens with zero attached hydrogens (tertiary/aromatic N) is 2. The van der Waals surface area contributed by atoms with Gasteiger partial charge in [0, 0.05) is 18.0 Å². The minimum absolute atomic E-state index is 0.186. The summed E-state index contributed by atoms with van der Waals surface area (Å²) in [7, 11) is 1.44. The second-order valence-corrected chi connectivity index (χ2v) is 5.61. The molecule has 2 aromatic carbocycles. The third kappa shape index (κ3) is 5.64. The van der Waals surface area contributed by atoms with Crippen LogP contribution < -0.4 is 19.6 Å². The predicted molar refractivity (Wildman–Crippen MR) is 105 cm³/mol. The molecule has 1 heterocycles. The van der Waals surface area contributed by atoms with Crippen molar-refractivity contribution in [1.82, 2.24) is 10.4 Å². The van der Waals surface area contributed by atoms with Gasteiger partial charge in [0.1, 0.15) is 5.75 Å². The number of para-hydroxylation sites is 1. The van der Waals surface area contributed by atoms with Gasteiger partial charge in [0.05, 0.1) is 13.3 Å². The average Bonchev–Trinajstić information content (AvgIpc) is 2.76. The van der Waals surface area contributed by atoms with Gasteiger partial charge < -0.3 is 14.2 Å². The van der Waals surface area contributed by atoms with Crippen LogP contribution in [-0.4, -0.2) is 30.4 Å². The van der Waals surface area contributed by atoms with Crippen LogP contribution in [0.5, 0.6) is 17.2 Å². The Morgan fingerprint density at radius 2 is 1.72 bits per heavy atom. The van der Waals surface area contributed by atoms with Gasteiger partial charge in [0.25, 0.3) is 5.91 Å². The summed E-state index contributed by atoms with van der Waals surface area (Å²) in [6.07, 6.45) is 3.59. The fourth-order valence-corrected chi connectivity index (χ4v) is 2.28. The topological polar surface area (TPSA) is 99.1 Å². The maximum atomic E-state index is 11.9. The standard InChI is InChI=1S/C21H17N3O5/c1-27-19-13-15(14-23-24-20(25)16-9-11-22-12-10-16)7-8-18(19)29-21(26)28-17-5-3-2-4-6-17/h2-14H,1H3,(H,24,25). The number of carbonyl (C=O) groups is 2. The second kappa shape index (κ2) is 9.65. The van der Waals surface area contributed by atoms with E-state index in [-0.39, 0.29) is 11.7 Å². The number of hydrogen-bond acceptors (Lipinski definition) is 7. The van der Waals surface area contributed by atoms with Crippen molar-refractivity contribution in [3.63, 3.8) is 0 Å². The number of benzene rings is 2. The van der Waals surface area contributed by atoms with Gasteiger partial charge in [-0.1, -0.05) is 18.2 Å². The highest BCUT2D eigenvalue weighted by atomic mass is 16.7. The molecule has 0 spiro atoms. The molecule has 0 radical (unpaired) electrons. The van der Waals surface area contributed by atoms with Gasteiger partial charge >= 0.3 is 6.16 Å². The van der Waals surface area contributed by atoms with Crippen molar-refractivity contribution in [3.05, 3.63) is 84.2 Å². The third-order valence-electron chi connectivity index (χ3n) is 3.65. The zero-order valence-corrected chi connectivity index (χ0v) is 15.4. The monoisotopic (exact) mass is 391 g/mol. The Morgan fingerprint density at radius 3 is 2.45 bits per heavy atom. The van der Waals surface area contributed by atoms with Crippen LogP contribution in [0.4, 0.5) is 4.79 Å². The van der Waals surface area contributed by atoms with Crippen LogP contribution in [0.3, 0.4) is 0 Å².